The maximum atomic E-state index is 12.8. The summed E-state index contributed by atoms with van der Waals surface area (Å²) in [6, 6.07) is 4.77. The minimum absolute atomic E-state index is 0.122. The molecule has 1 fully saturated rings. The Morgan fingerprint density at radius 2 is 2.21 bits per heavy atom. The Labute approximate surface area is 82.9 Å². The third kappa shape index (κ3) is 1.69. The smallest absolute Gasteiger partial charge is 0.126 e. The largest absolute Gasteiger partial charge is 0.303 e. The van der Waals surface area contributed by atoms with Gasteiger partial charge >= 0.3 is 0 Å². The van der Waals surface area contributed by atoms with Crippen molar-refractivity contribution in [1.29, 1.82) is 0 Å². The molecule has 1 aliphatic carbocycles. The van der Waals surface area contributed by atoms with Crippen molar-refractivity contribution in [2.24, 2.45) is 5.41 Å². The molecule has 0 aromatic heterocycles. The topological polar surface area (TPSA) is 17.1 Å². The van der Waals surface area contributed by atoms with Crippen LogP contribution in [0, 0.1) is 18.2 Å². The average Bonchev–Trinajstić information content (AvgIpc) is 2.91. The molecular formula is C12H13FO. The molecule has 0 spiro atoms. The van der Waals surface area contributed by atoms with E-state index in [-0.39, 0.29) is 11.2 Å². The van der Waals surface area contributed by atoms with Gasteiger partial charge in [0.15, 0.2) is 0 Å². The van der Waals surface area contributed by atoms with Crippen molar-refractivity contribution in [3.05, 3.63) is 35.1 Å². The van der Waals surface area contributed by atoms with Gasteiger partial charge in [-0.2, -0.15) is 0 Å². The van der Waals surface area contributed by atoms with Crippen LogP contribution in [0.1, 0.15) is 24.0 Å². The quantitative estimate of drug-likeness (QED) is 0.673. The molecule has 0 N–H and O–H groups in total. The van der Waals surface area contributed by atoms with E-state index in [1.54, 1.807) is 6.07 Å². The summed E-state index contributed by atoms with van der Waals surface area (Å²) in [5.41, 5.74) is 1.91. The summed E-state index contributed by atoms with van der Waals surface area (Å²) < 4.78 is 12.8. The van der Waals surface area contributed by atoms with E-state index in [1.165, 1.54) is 12.1 Å². The lowest BCUT2D eigenvalue weighted by Crippen LogP contribution is -2.07. The van der Waals surface area contributed by atoms with Crippen LogP contribution < -0.4 is 0 Å². The van der Waals surface area contributed by atoms with E-state index in [9.17, 15) is 9.18 Å². The number of carbonyl (C=O) groups excluding carboxylic acids is 1. The van der Waals surface area contributed by atoms with Gasteiger partial charge in [-0.1, -0.05) is 6.07 Å². The van der Waals surface area contributed by atoms with Crippen LogP contribution >= 0.6 is 0 Å². The standard InChI is InChI=1S/C12H13FO/c1-9-6-11(13)3-2-10(9)7-12(8-14)4-5-12/h2-3,6,8H,4-5,7H2,1H3. The highest BCUT2D eigenvalue weighted by Gasteiger charge is 2.42. The third-order valence-electron chi connectivity index (χ3n) is 2.99. The molecule has 0 bridgehead atoms. The first-order chi connectivity index (χ1) is 6.65. The molecule has 1 saturated carbocycles. The van der Waals surface area contributed by atoms with Crippen molar-refractivity contribution in [2.45, 2.75) is 26.2 Å². The summed E-state index contributed by atoms with van der Waals surface area (Å²) in [4.78, 5) is 10.8. The van der Waals surface area contributed by atoms with E-state index < -0.39 is 0 Å². The van der Waals surface area contributed by atoms with Crippen molar-refractivity contribution < 1.29 is 9.18 Å². The van der Waals surface area contributed by atoms with Gasteiger partial charge in [0.05, 0.1) is 0 Å². The zero-order chi connectivity index (χ0) is 10.2. The third-order valence-corrected chi connectivity index (χ3v) is 2.99. The van der Waals surface area contributed by atoms with E-state index in [0.29, 0.717) is 0 Å². The molecule has 2 rings (SSSR count). The minimum Gasteiger partial charge on any atom is -0.303 e. The fourth-order valence-corrected chi connectivity index (χ4v) is 1.73. The molecule has 1 nitrogen and oxygen atoms in total. The Hall–Kier alpha value is -1.18. The summed E-state index contributed by atoms with van der Waals surface area (Å²) in [6.45, 7) is 1.89. The Morgan fingerprint density at radius 1 is 1.50 bits per heavy atom. The van der Waals surface area contributed by atoms with Gasteiger partial charge in [-0.15, -0.1) is 0 Å². The van der Waals surface area contributed by atoms with Crippen molar-refractivity contribution in [3.8, 4) is 0 Å². The van der Waals surface area contributed by atoms with Crippen LogP contribution in [0.15, 0.2) is 18.2 Å². The Morgan fingerprint density at radius 3 is 2.71 bits per heavy atom. The molecule has 0 aliphatic heterocycles. The fraction of sp³-hybridized carbons (Fsp3) is 0.417. The van der Waals surface area contributed by atoms with Crippen LogP contribution in [0.5, 0.6) is 0 Å². The van der Waals surface area contributed by atoms with Crippen molar-refractivity contribution in [2.75, 3.05) is 0 Å². The number of hydrogen-bond acceptors (Lipinski definition) is 1. The Bertz CT molecular complexity index is 367. The lowest BCUT2D eigenvalue weighted by Gasteiger charge is -2.09. The van der Waals surface area contributed by atoms with Gasteiger partial charge in [0, 0.05) is 5.41 Å². The number of aryl methyl sites for hydroxylation is 1. The monoisotopic (exact) mass is 192 g/mol. The molecule has 0 amide bonds. The number of halogens is 1. The first-order valence-electron chi connectivity index (χ1n) is 4.87. The van der Waals surface area contributed by atoms with Crippen LogP contribution in [0.25, 0.3) is 0 Å². The Kier molecular flexibility index (Phi) is 2.14. The first-order valence-corrected chi connectivity index (χ1v) is 4.87. The molecule has 14 heavy (non-hydrogen) atoms. The molecule has 0 unspecified atom stereocenters. The molecule has 1 aromatic rings. The SMILES string of the molecule is Cc1cc(F)ccc1CC1(C=O)CC1. The van der Waals surface area contributed by atoms with Gasteiger partial charge in [0.25, 0.3) is 0 Å². The van der Waals surface area contributed by atoms with Gasteiger partial charge < -0.3 is 4.79 Å². The normalized spacial score (nSPS) is 17.9. The zero-order valence-corrected chi connectivity index (χ0v) is 8.22. The summed E-state index contributed by atoms with van der Waals surface area (Å²) in [5, 5.41) is 0. The fourth-order valence-electron chi connectivity index (χ4n) is 1.73. The lowest BCUT2D eigenvalue weighted by atomic mass is 9.95. The highest BCUT2D eigenvalue weighted by atomic mass is 19.1. The predicted molar refractivity (Wildman–Crippen MR) is 52.6 cm³/mol. The van der Waals surface area contributed by atoms with Crippen LogP contribution in [0.3, 0.4) is 0 Å². The molecule has 0 radical (unpaired) electrons. The second-order valence-corrected chi connectivity index (χ2v) is 4.23. The summed E-state index contributed by atoms with van der Waals surface area (Å²) in [6.07, 6.45) is 3.78. The lowest BCUT2D eigenvalue weighted by molar-refractivity contribution is -0.112. The molecule has 0 saturated heterocycles. The minimum atomic E-state index is -0.206. The van der Waals surface area contributed by atoms with Crippen LogP contribution in [-0.2, 0) is 11.2 Å². The van der Waals surface area contributed by atoms with Crippen molar-refractivity contribution in [1.82, 2.24) is 0 Å². The highest BCUT2D eigenvalue weighted by Crippen LogP contribution is 2.46. The van der Waals surface area contributed by atoms with Crippen molar-refractivity contribution in [3.63, 3.8) is 0 Å². The zero-order valence-electron chi connectivity index (χ0n) is 8.22. The van der Waals surface area contributed by atoms with E-state index >= 15 is 0 Å². The molecule has 0 atom stereocenters. The van der Waals surface area contributed by atoms with E-state index in [4.69, 9.17) is 0 Å². The second-order valence-electron chi connectivity index (χ2n) is 4.23. The summed E-state index contributed by atoms with van der Waals surface area (Å²) in [5.74, 6) is -0.206. The molecule has 2 heteroatoms. The summed E-state index contributed by atoms with van der Waals surface area (Å²) in [7, 11) is 0. The number of aldehydes is 1. The van der Waals surface area contributed by atoms with Gasteiger partial charge in [0.2, 0.25) is 0 Å². The van der Waals surface area contributed by atoms with Crippen LogP contribution in [0.2, 0.25) is 0 Å². The van der Waals surface area contributed by atoms with Gasteiger partial charge in [-0.05, 0) is 49.4 Å². The number of benzene rings is 1. The molecule has 74 valence electrons. The van der Waals surface area contributed by atoms with Crippen molar-refractivity contribution >= 4 is 6.29 Å². The highest BCUT2D eigenvalue weighted by molar-refractivity contribution is 5.64. The molecule has 1 aliphatic rings. The van der Waals surface area contributed by atoms with E-state index in [2.05, 4.69) is 0 Å². The maximum absolute atomic E-state index is 12.8. The predicted octanol–water partition coefficient (Wildman–Crippen LogP) is 2.66. The van der Waals surface area contributed by atoms with Gasteiger partial charge in [-0.25, -0.2) is 4.39 Å². The average molecular weight is 192 g/mol. The van der Waals surface area contributed by atoms with Crippen LogP contribution in [-0.4, -0.2) is 6.29 Å². The maximum Gasteiger partial charge on any atom is 0.126 e. The van der Waals surface area contributed by atoms with Gasteiger partial charge in [-0.3, -0.25) is 0 Å². The first kappa shape index (κ1) is 9.38. The molecular weight excluding hydrogens is 179 g/mol. The number of carbonyl (C=O) groups is 1. The Balaban J connectivity index is 2.21. The second kappa shape index (κ2) is 3.19. The molecule has 1 aromatic carbocycles. The number of rotatable bonds is 3. The van der Waals surface area contributed by atoms with Gasteiger partial charge in [0.1, 0.15) is 12.1 Å². The van der Waals surface area contributed by atoms with Crippen LogP contribution in [0.4, 0.5) is 4.39 Å². The van der Waals surface area contributed by atoms with E-state index in [1.807, 2.05) is 6.92 Å². The molecule has 0 heterocycles. The van der Waals surface area contributed by atoms with E-state index in [0.717, 1.165) is 36.7 Å². The summed E-state index contributed by atoms with van der Waals surface area (Å²) >= 11 is 0. The number of hydrogen-bond donors (Lipinski definition) is 0.